The number of nitrogens with zero attached hydrogens (tertiary/aromatic N) is 2. The summed E-state index contributed by atoms with van der Waals surface area (Å²) in [4.78, 5) is 0. The standard InChI is InChI=1S/C15H20N2O3/c1-4-9-19-12-5-7-13(8-6-12)20-15-14(10-18)11(2)16-17(15)3/h5-8,18H,4,9-10H2,1-3H3. The monoisotopic (exact) mass is 276 g/mol. The summed E-state index contributed by atoms with van der Waals surface area (Å²) in [5.74, 6) is 2.07. The number of aromatic nitrogens is 2. The summed E-state index contributed by atoms with van der Waals surface area (Å²) in [6.07, 6.45) is 0.979. The van der Waals surface area contributed by atoms with Crippen molar-refractivity contribution < 1.29 is 14.6 Å². The molecule has 0 amide bonds. The van der Waals surface area contributed by atoms with E-state index in [9.17, 15) is 5.11 Å². The van der Waals surface area contributed by atoms with Gasteiger partial charge in [-0.05, 0) is 37.6 Å². The molecular formula is C15H20N2O3. The molecule has 1 aromatic carbocycles. The molecule has 0 bridgehead atoms. The fourth-order valence-corrected chi connectivity index (χ4v) is 1.93. The van der Waals surface area contributed by atoms with Crippen LogP contribution in [0, 0.1) is 6.92 Å². The summed E-state index contributed by atoms with van der Waals surface area (Å²) in [5.41, 5.74) is 1.48. The van der Waals surface area contributed by atoms with Gasteiger partial charge >= 0.3 is 0 Å². The van der Waals surface area contributed by atoms with E-state index in [2.05, 4.69) is 12.0 Å². The molecule has 20 heavy (non-hydrogen) atoms. The van der Waals surface area contributed by atoms with Crippen molar-refractivity contribution in [1.29, 1.82) is 0 Å². The Morgan fingerprint density at radius 3 is 2.45 bits per heavy atom. The molecular weight excluding hydrogens is 256 g/mol. The Kier molecular flexibility index (Phi) is 4.63. The zero-order valence-corrected chi connectivity index (χ0v) is 12.1. The maximum absolute atomic E-state index is 9.38. The largest absolute Gasteiger partial charge is 0.494 e. The lowest BCUT2D eigenvalue weighted by atomic mass is 10.2. The summed E-state index contributed by atoms with van der Waals surface area (Å²) in [6.45, 7) is 4.53. The first kappa shape index (κ1) is 14.4. The molecule has 0 fully saturated rings. The highest BCUT2D eigenvalue weighted by molar-refractivity contribution is 5.37. The van der Waals surface area contributed by atoms with Gasteiger partial charge in [0, 0.05) is 7.05 Å². The zero-order chi connectivity index (χ0) is 14.5. The topological polar surface area (TPSA) is 56.5 Å². The molecule has 0 unspecified atom stereocenters. The number of ether oxygens (including phenoxy) is 2. The molecule has 0 aliphatic heterocycles. The maximum Gasteiger partial charge on any atom is 0.223 e. The lowest BCUT2D eigenvalue weighted by Crippen LogP contribution is -1.98. The minimum atomic E-state index is -0.0906. The van der Waals surface area contributed by atoms with E-state index in [1.54, 1.807) is 11.7 Å². The number of hydrogen-bond acceptors (Lipinski definition) is 4. The van der Waals surface area contributed by atoms with Gasteiger partial charge in [-0.1, -0.05) is 6.92 Å². The lowest BCUT2D eigenvalue weighted by molar-refractivity contribution is 0.274. The number of aryl methyl sites for hydroxylation is 2. The van der Waals surface area contributed by atoms with E-state index in [-0.39, 0.29) is 6.61 Å². The molecule has 2 aromatic rings. The highest BCUT2D eigenvalue weighted by Crippen LogP contribution is 2.28. The first-order valence-corrected chi connectivity index (χ1v) is 6.69. The number of aliphatic hydroxyl groups excluding tert-OH is 1. The summed E-state index contributed by atoms with van der Waals surface area (Å²) < 4.78 is 12.9. The Balaban J connectivity index is 2.14. The lowest BCUT2D eigenvalue weighted by Gasteiger charge is -2.09. The van der Waals surface area contributed by atoms with Crippen LogP contribution >= 0.6 is 0 Å². The smallest absolute Gasteiger partial charge is 0.223 e. The molecule has 0 aliphatic carbocycles. The van der Waals surface area contributed by atoms with E-state index in [1.165, 1.54) is 0 Å². The number of aliphatic hydroxyl groups is 1. The molecule has 1 aromatic heterocycles. The highest BCUT2D eigenvalue weighted by Gasteiger charge is 2.14. The van der Waals surface area contributed by atoms with Crippen LogP contribution in [0.3, 0.4) is 0 Å². The molecule has 5 nitrogen and oxygen atoms in total. The quantitative estimate of drug-likeness (QED) is 0.881. The van der Waals surface area contributed by atoms with Gasteiger partial charge in [-0.25, -0.2) is 4.68 Å². The molecule has 0 atom stereocenters. The SMILES string of the molecule is CCCOc1ccc(Oc2c(CO)c(C)nn2C)cc1. The third-order valence-corrected chi connectivity index (χ3v) is 2.96. The second-order valence-electron chi connectivity index (χ2n) is 4.57. The third-order valence-electron chi connectivity index (χ3n) is 2.96. The molecule has 0 radical (unpaired) electrons. The van der Waals surface area contributed by atoms with Crippen molar-refractivity contribution in [3.05, 3.63) is 35.5 Å². The molecule has 2 rings (SSSR count). The normalized spacial score (nSPS) is 10.6. The Morgan fingerprint density at radius 1 is 1.20 bits per heavy atom. The van der Waals surface area contributed by atoms with E-state index in [4.69, 9.17) is 9.47 Å². The summed E-state index contributed by atoms with van der Waals surface area (Å²) in [7, 11) is 1.79. The Hall–Kier alpha value is -2.01. The average molecular weight is 276 g/mol. The molecule has 1 heterocycles. The van der Waals surface area contributed by atoms with Gasteiger partial charge in [-0.3, -0.25) is 0 Å². The number of benzene rings is 1. The number of rotatable bonds is 6. The van der Waals surface area contributed by atoms with Crippen LogP contribution in [0.25, 0.3) is 0 Å². The van der Waals surface area contributed by atoms with Crippen LogP contribution in [0.1, 0.15) is 24.6 Å². The zero-order valence-electron chi connectivity index (χ0n) is 12.1. The van der Waals surface area contributed by atoms with E-state index in [0.29, 0.717) is 23.8 Å². The van der Waals surface area contributed by atoms with E-state index < -0.39 is 0 Å². The van der Waals surface area contributed by atoms with Crippen molar-refractivity contribution in [3.8, 4) is 17.4 Å². The minimum absolute atomic E-state index is 0.0906. The fourth-order valence-electron chi connectivity index (χ4n) is 1.93. The average Bonchev–Trinajstić information content (AvgIpc) is 2.72. The Bertz CT molecular complexity index is 561. The predicted octanol–water partition coefficient (Wildman–Crippen LogP) is 2.80. The predicted molar refractivity (Wildman–Crippen MR) is 76.2 cm³/mol. The van der Waals surface area contributed by atoms with Crippen LogP contribution < -0.4 is 9.47 Å². The van der Waals surface area contributed by atoms with E-state index in [0.717, 1.165) is 17.9 Å². The molecule has 108 valence electrons. The van der Waals surface area contributed by atoms with Gasteiger partial charge in [0.2, 0.25) is 5.88 Å². The van der Waals surface area contributed by atoms with Gasteiger partial charge in [-0.2, -0.15) is 5.10 Å². The maximum atomic E-state index is 9.38. The molecule has 0 saturated carbocycles. The molecule has 1 N–H and O–H groups in total. The second kappa shape index (κ2) is 6.43. The van der Waals surface area contributed by atoms with Crippen LogP contribution in [0.2, 0.25) is 0 Å². The van der Waals surface area contributed by atoms with Crippen molar-refractivity contribution in [2.75, 3.05) is 6.61 Å². The summed E-state index contributed by atoms with van der Waals surface area (Å²) >= 11 is 0. The summed E-state index contributed by atoms with van der Waals surface area (Å²) in [6, 6.07) is 7.42. The molecule has 0 saturated heterocycles. The molecule has 0 aliphatic rings. The first-order valence-electron chi connectivity index (χ1n) is 6.69. The Morgan fingerprint density at radius 2 is 1.85 bits per heavy atom. The van der Waals surface area contributed by atoms with Gasteiger partial charge in [0.15, 0.2) is 0 Å². The van der Waals surface area contributed by atoms with Gasteiger partial charge in [0.25, 0.3) is 0 Å². The van der Waals surface area contributed by atoms with Gasteiger partial charge in [0.05, 0.1) is 24.5 Å². The molecule has 5 heteroatoms. The van der Waals surface area contributed by atoms with Crippen molar-refractivity contribution in [3.63, 3.8) is 0 Å². The Labute approximate surface area is 118 Å². The van der Waals surface area contributed by atoms with Gasteiger partial charge in [0.1, 0.15) is 11.5 Å². The van der Waals surface area contributed by atoms with Crippen LogP contribution in [-0.2, 0) is 13.7 Å². The van der Waals surface area contributed by atoms with Crippen LogP contribution in [0.5, 0.6) is 17.4 Å². The van der Waals surface area contributed by atoms with Gasteiger partial charge < -0.3 is 14.6 Å². The van der Waals surface area contributed by atoms with Crippen molar-refractivity contribution in [2.24, 2.45) is 7.05 Å². The second-order valence-corrected chi connectivity index (χ2v) is 4.57. The van der Waals surface area contributed by atoms with E-state index in [1.807, 2.05) is 31.2 Å². The molecule has 0 spiro atoms. The summed E-state index contributed by atoms with van der Waals surface area (Å²) in [5, 5.41) is 13.6. The van der Waals surface area contributed by atoms with Crippen molar-refractivity contribution in [2.45, 2.75) is 26.9 Å². The third kappa shape index (κ3) is 3.11. The van der Waals surface area contributed by atoms with E-state index >= 15 is 0 Å². The van der Waals surface area contributed by atoms with Gasteiger partial charge in [-0.15, -0.1) is 0 Å². The fraction of sp³-hybridized carbons (Fsp3) is 0.400. The van der Waals surface area contributed by atoms with Crippen LogP contribution in [0.4, 0.5) is 0 Å². The van der Waals surface area contributed by atoms with Crippen molar-refractivity contribution in [1.82, 2.24) is 9.78 Å². The van der Waals surface area contributed by atoms with Crippen molar-refractivity contribution >= 4 is 0 Å². The first-order chi connectivity index (χ1) is 9.65. The van der Waals surface area contributed by atoms with Crippen LogP contribution in [-0.4, -0.2) is 21.5 Å². The highest BCUT2D eigenvalue weighted by atomic mass is 16.5. The van der Waals surface area contributed by atoms with Crippen LogP contribution in [0.15, 0.2) is 24.3 Å². The number of hydrogen-bond donors (Lipinski definition) is 1. The minimum Gasteiger partial charge on any atom is -0.494 e.